The third-order valence-electron chi connectivity index (χ3n) is 2.85. The van der Waals surface area contributed by atoms with E-state index >= 15 is 0 Å². The van der Waals surface area contributed by atoms with Crippen molar-refractivity contribution in [3.8, 4) is 11.5 Å². The van der Waals surface area contributed by atoms with Gasteiger partial charge in [0.15, 0.2) is 11.5 Å². The van der Waals surface area contributed by atoms with Gasteiger partial charge in [-0.25, -0.2) is 0 Å². The molecule has 0 spiro atoms. The largest absolute Gasteiger partial charge is 0.493 e. The minimum absolute atomic E-state index is 0.161. The molecule has 1 aliphatic carbocycles. The summed E-state index contributed by atoms with van der Waals surface area (Å²) in [4.78, 5) is 11.8. The Bertz CT molecular complexity index is 446. The van der Waals surface area contributed by atoms with Gasteiger partial charge in [-0.05, 0) is 30.5 Å². The zero-order chi connectivity index (χ0) is 13.1. The van der Waals surface area contributed by atoms with Crippen LogP contribution < -0.4 is 14.8 Å². The second-order valence-corrected chi connectivity index (χ2v) is 4.70. The van der Waals surface area contributed by atoms with Crippen molar-refractivity contribution >= 4 is 17.5 Å². The Morgan fingerprint density at radius 3 is 2.56 bits per heavy atom. The van der Waals surface area contributed by atoms with Crippen molar-refractivity contribution in [3.63, 3.8) is 0 Å². The summed E-state index contributed by atoms with van der Waals surface area (Å²) in [5, 5.41) is 2.17. The van der Waals surface area contributed by atoms with E-state index in [1.165, 1.54) is 0 Å². The molecule has 0 radical (unpaired) electrons. The minimum atomic E-state index is -0.703. The van der Waals surface area contributed by atoms with E-state index in [9.17, 15) is 4.79 Å². The van der Waals surface area contributed by atoms with Crippen LogP contribution in [0.15, 0.2) is 18.2 Å². The SMILES string of the molecule is COc1ccc(C(Cl)C(=O)NC2CC2)cc1OC. The number of carbonyl (C=O) groups excluding carboxylic acids is 1. The van der Waals surface area contributed by atoms with Crippen molar-refractivity contribution < 1.29 is 14.3 Å². The lowest BCUT2D eigenvalue weighted by Crippen LogP contribution is -2.28. The summed E-state index contributed by atoms with van der Waals surface area (Å²) < 4.78 is 10.3. The summed E-state index contributed by atoms with van der Waals surface area (Å²) in [6, 6.07) is 5.54. The Morgan fingerprint density at radius 2 is 2.00 bits per heavy atom. The van der Waals surface area contributed by atoms with Gasteiger partial charge in [0.2, 0.25) is 5.91 Å². The van der Waals surface area contributed by atoms with Crippen molar-refractivity contribution in [1.29, 1.82) is 0 Å². The van der Waals surface area contributed by atoms with E-state index in [2.05, 4.69) is 5.32 Å². The van der Waals surface area contributed by atoms with E-state index in [4.69, 9.17) is 21.1 Å². The summed E-state index contributed by atoms with van der Waals surface area (Å²) in [5.74, 6) is 1.03. The maximum Gasteiger partial charge on any atom is 0.242 e. The van der Waals surface area contributed by atoms with Crippen molar-refractivity contribution in [2.45, 2.75) is 24.3 Å². The second-order valence-electron chi connectivity index (χ2n) is 4.26. The number of carbonyl (C=O) groups is 1. The fourth-order valence-corrected chi connectivity index (χ4v) is 1.86. The van der Waals surface area contributed by atoms with Crippen LogP contribution in [0.5, 0.6) is 11.5 Å². The normalized spacial score (nSPS) is 15.9. The topological polar surface area (TPSA) is 47.6 Å². The molecule has 1 unspecified atom stereocenters. The highest BCUT2D eigenvalue weighted by atomic mass is 35.5. The van der Waals surface area contributed by atoms with E-state index < -0.39 is 5.38 Å². The van der Waals surface area contributed by atoms with E-state index in [0.29, 0.717) is 23.1 Å². The van der Waals surface area contributed by atoms with Crippen LogP contribution >= 0.6 is 11.6 Å². The molecular formula is C13H16ClNO3. The van der Waals surface area contributed by atoms with Crippen LogP contribution in [0.2, 0.25) is 0 Å². The smallest absolute Gasteiger partial charge is 0.242 e. The maximum atomic E-state index is 11.8. The molecule has 1 fully saturated rings. The Hall–Kier alpha value is -1.42. The minimum Gasteiger partial charge on any atom is -0.493 e. The number of rotatable bonds is 5. The lowest BCUT2D eigenvalue weighted by Gasteiger charge is -2.13. The number of benzene rings is 1. The predicted molar refractivity (Wildman–Crippen MR) is 69.3 cm³/mol. The molecule has 1 saturated carbocycles. The number of amides is 1. The van der Waals surface area contributed by atoms with Gasteiger partial charge in [0, 0.05) is 6.04 Å². The highest BCUT2D eigenvalue weighted by Gasteiger charge is 2.27. The van der Waals surface area contributed by atoms with Gasteiger partial charge in [-0.1, -0.05) is 6.07 Å². The van der Waals surface area contributed by atoms with Crippen LogP contribution in [0.3, 0.4) is 0 Å². The second kappa shape index (κ2) is 5.48. The van der Waals surface area contributed by atoms with Crippen molar-refractivity contribution in [1.82, 2.24) is 5.32 Å². The van der Waals surface area contributed by atoms with Gasteiger partial charge in [0.1, 0.15) is 5.38 Å². The van der Waals surface area contributed by atoms with Crippen LogP contribution in [0, 0.1) is 0 Å². The first-order valence-electron chi connectivity index (χ1n) is 5.82. The zero-order valence-electron chi connectivity index (χ0n) is 10.4. The molecule has 18 heavy (non-hydrogen) atoms. The van der Waals surface area contributed by atoms with Gasteiger partial charge in [-0.15, -0.1) is 11.6 Å². The summed E-state index contributed by atoms with van der Waals surface area (Å²) >= 11 is 6.14. The summed E-state index contributed by atoms with van der Waals surface area (Å²) in [7, 11) is 3.12. The third-order valence-corrected chi connectivity index (χ3v) is 3.30. The molecule has 1 amide bonds. The van der Waals surface area contributed by atoms with Gasteiger partial charge in [0.25, 0.3) is 0 Å². The molecule has 4 nitrogen and oxygen atoms in total. The molecule has 0 aliphatic heterocycles. The first-order valence-corrected chi connectivity index (χ1v) is 6.25. The first kappa shape index (κ1) is 13.0. The average Bonchev–Trinajstić information content (AvgIpc) is 3.20. The van der Waals surface area contributed by atoms with Gasteiger partial charge in [-0.3, -0.25) is 4.79 Å². The molecule has 0 saturated heterocycles. The molecule has 1 atom stereocenters. The van der Waals surface area contributed by atoms with Crippen LogP contribution in [-0.2, 0) is 4.79 Å². The number of nitrogens with one attached hydrogen (secondary N) is 1. The Labute approximate surface area is 111 Å². The van der Waals surface area contributed by atoms with Crippen molar-refractivity contribution in [2.75, 3.05) is 14.2 Å². The monoisotopic (exact) mass is 269 g/mol. The van der Waals surface area contributed by atoms with E-state index in [1.54, 1.807) is 32.4 Å². The maximum absolute atomic E-state index is 11.8. The number of ether oxygens (including phenoxy) is 2. The fourth-order valence-electron chi connectivity index (χ4n) is 1.66. The molecule has 0 aromatic heterocycles. The number of alkyl halides is 1. The third kappa shape index (κ3) is 2.88. The Kier molecular flexibility index (Phi) is 3.97. The van der Waals surface area contributed by atoms with Gasteiger partial charge in [0.05, 0.1) is 14.2 Å². The molecule has 98 valence electrons. The molecule has 1 aliphatic rings. The Morgan fingerprint density at radius 1 is 1.33 bits per heavy atom. The molecule has 2 rings (SSSR count). The van der Waals surface area contributed by atoms with Crippen LogP contribution in [0.4, 0.5) is 0 Å². The first-order chi connectivity index (χ1) is 8.65. The number of halogens is 1. The molecule has 1 aromatic rings. The van der Waals surface area contributed by atoms with Gasteiger partial charge < -0.3 is 14.8 Å². The number of hydrogen-bond donors (Lipinski definition) is 1. The van der Waals surface area contributed by atoms with E-state index in [0.717, 1.165) is 12.8 Å². The molecular weight excluding hydrogens is 254 g/mol. The Balaban J connectivity index is 2.13. The van der Waals surface area contributed by atoms with Gasteiger partial charge in [-0.2, -0.15) is 0 Å². The molecule has 1 aromatic carbocycles. The average molecular weight is 270 g/mol. The van der Waals surface area contributed by atoms with Gasteiger partial charge >= 0.3 is 0 Å². The van der Waals surface area contributed by atoms with Crippen LogP contribution in [-0.4, -0.2) is 26.2 Å². The summed E-state index contributed by atoms with van der Waals surface area (Å²) in [5.41, 5.74) is 0.701. The lowest BCUT2D eigenvalue weighted by molar-refractivity contribution is -0.121. The molecule has 1 N–H and O–H groups in total. The standard InChI is InChI=1S/C13H16ClNO3/c1-17-10-6-3-8(7-11(10)18-2)12(14)13(16)15-9-4-5-9/h3,6-7,9,12H,4-5H2,1-2H3,(H,15,16). The summed E-state index contributed by atoms with van der Waals surface area (Å²) in [6.07, 6.45) is 2.09. The molecule has 0 bridgehead atoms. The lowest BCUT2D eigenvalue weighted by atomic mass is 10.1. The van der Waals surface area contributed by atoms with Crippen molar-refractivity contribution in [3.05, 3.63) is 23.8 Å². The van der Waals surface area contributed by atoms with E-state index in [-0.39, 0.29) is 5.91 Å². The molecule has 0 heterocycles. The highest BCUT2D eigenvalue weighted by Crippen LogP contribution is 2.32. The number of hydrogen-bond acceptors (Lipinski definition) is 3. The number of methoxy groups -OCH3 is 2. The predicted octanol–water partition coefficient (Wildman–Crippen LogP) is 2.26. The quantitative estimate of drug-likeness (QED) is 0.834. The van der Waals surface area contributed by atoms with Crippen molar-refractivity contribution in [2.24, 2.45) is 0 Å². The van der Waals surface area contributed by atoms with Crippen LogP contribution in [0.1, 0.15) is 23.8 Å². The van der Waals surface area contributed by atoms with Crippen LogP contribution in [0.25, 0.3) is 0 Å². The zero-order valence-corrected chi connectivity index (χ0v) is 11.2. The fraction of sp³-hybridized carbons (Fsp3) is 0.462. The highest BCUT2D eigenvalue weighted by molar-refractivity contribution is 6.30. The summed E-state index contributed by atoms with van der Waals surface area (Å²) in [6.45, 7) is 0. The molecule has 5 heteroatoms. The van der Waals surface area contributed by atoms with E-state index in [1.807, 2.05) is 0 Å².